The monoisotopic (exact) mass is 245 g/mol. The van der Waals surface area contributed by atoms with Gasteiger partial charge in [0, 0.05) is 12.0 Å². The van der Waals surface area contributed by atoms with Crippen LogP contribution in [0.2, 0.25) is 0 Å². The number of benzene rings is 1. The van der Waals surface area contributed by atoms with Gasteiger partial charge in [-0.2, -0.15) is 4.98 Å². The molecule has 0 amide bonds. The summed E-state index contributed by atoms with van der Waals surface area (Å²) < 4.78 is 5.21. The summed E-state index contributed by atoms with van der Waals surface area (Å²) in [6, 6.07) is 8.23. The third kappa shape index (κ3) is 2.76. The average Bonchev–Trinajstić information content (AvgIpc) is 2.77. The quantitative estimate of drug-likeness (QED) is 0.902. The minimum atomic E-state index is 0.151. The van der Waals surface area contributed by atoms with Crippen LogP contribution >= 0.6 is 0 Å². The maximum absolute atomic E-state index is 5.45. The molecule has 2 N–H and O–H groups in total. The molecule has 0 aliphatic heterocycles. The molecule has 0 fully saturated rings. The number of aromatic nitrogens is 2. The molecule has 4 heteroatoms. The van der Waals surface area contributed by atoms with E-state index in [1.807, 2.05) is 12.1 Å². The lowest BCUT2D eigenvalue weighted by Crippen LogP contribution is -2.10. The van der Waals surface area contributed by atoms with Crippen molar-refractivity contribution in [1.82, 2.24) is 10.1 Å². The summed E-state index contributed by atoms with van der Waals surface area (Å²) in [6.07, 6.45) is 0.642. The van der Waals surface area contributed by atoms with Gasteiger partial charge in [0.05, 0.1) is 0 Å². The van der Waals surface area contributed by atoms with Crippen molar-refractivity contribution in [3.8, 4) is 11.5 Å². The Morgan fingerprint density at radius 3 is 2.39 bits per heavy atom. The van der Waals surface area contributed by atoms with Gasteiger partial charge in [-0.1, -0.05) is 38.1 Å². The normalized spacial score (nSPS) is 11.8. The van der Waals surface area contributed by atoms with Crippen LogP contribution in [0.25, 0.3) is 11.5 Å². The Kier molecular flexibility index (Phi) is 3.48. The van der Waals surface area contributed by atoms with E-state index >= 15 is 0 Å². The van der Waals surface area contributed by atoms with Crippen LogP contribution in [0.4, 0.5) is 0 Å². The van der Waals surface area contributed by atoms with Crippen LogP contribution in [-0.2, 0) is 11.8 Å². The summed E-state index contributed by atoms with van der Waals surface area (Å²) in [5.74, 6) is 1.21. The maximum atomic E-state index is 5.45. The first-order valence-electron chi connectivity index (χ1n) is 6.14. The molecule has 1 aromatic carbocycles. The summed E-state index contributed by atoms with van der Waals surface area (Å²) in [7, 11) is 0. The molecule has 2 aromatic rings. The predicted molar refractivity (Wildman–Crippen MR) is 71.2 cm³/mol. The van der Waals surface area contributed by atoms with E-state index in [1.54, 1.807) is 0 Å². The third-order valence-electron chi connectivity index (χ3n) is 2.83. The third-order valence-corrected chi connectivity index (χ3v) is 2.83. The molecule has 0 aliphatic carbocycles. The molecule has 0 radical (unpaired) electrons. The Balaban J connectivity index is 2.23. The Labute approximate surface area is 107 Å². The van der Waals surface area contributed by atoms with Crippen molar-refractivity contribution in [3.63, 3.8) is 0 Å². The van der Waals surface area contributed by atoms with E-state index in [-0.39, 0.29) is 5.41 Å². The van der Waals surface area contributed by atoms with E-state index in [1.165, 1.54) is 5.56 Å². The van der Waals surface area contributed by atoms with Crippen LogP contribution in [0.1, 0.15) is 32.2 Å². The van der Waals surface area contributed by atoms with Crippen LogP contribution in [0.5, 0.6) is 0 Å². The zero-order valence-corrected chi connectivity index (χ0v) is 11.1. The number of nitrogens with two attached hydrogens (primary N) is 1. The highest BCUT2D eigenvalue weighted by atomic mass is 16.5. The highest BCUT2D eigenvalue weighted by Crippen LogP contribution is 2.25. The van der Waals surface area contributed by atoms with Gasteiger partial charge in [0.15, 0.2) is 5.82 Å². The molecule has 4 nitrogen and oxygen atoms in total. The van der Waals surface area contributed by atoms with E-state index in [0.29, 0.717) is 24.7 Å². The van der Waals surface area contributed by atoms with E-state index in [4.69, 9.17) is 10.3 Å². The highest BCUT2D eigenvalue weighted by molar-refractivity contribution is 5.53. The molecule has 0 spiro atoms. The second kappa shape index (κ2) is 4.90. The van der Waals surface area contributed by atoms with Crippen molar-refractivity contribution >= 4 is 0 Å². The van der Waals surface area contributed by atoms with E-state index in [0.717, 1.165) is 5.56 Å². The lowest BCUT2D eigenvalue weighted by Gasteiger charge is -2.18. The summed E-state index contributed by atoms with van der Waals surface area (Å²) in [5.41, 5.74) is 7.83. The van der Waals surface area contributed by atoms with Gasteiger partial charge in [0.25, 0.3) is 5.89 Å². The summed E-state index contributed by atoms with van der Waals surface area (Å²) in [5, 5.41) is 3.89. The van der Waals surface area contributed by atoms with Crippen molar-refractivity contribution < 1.29 is 4.52 Å². The van der Waals surface area contributed by atoms with Gasteiger partial charge in [0.2, 0.25) is 0 Å². The Morgan fingerprint density at radius 1 is 1.17 bits per heavy atom. The molecule has 0 bridgehead atoms. The Hall–Kier alpha value is -1.68. The number of rotatable bonds is 3. The first kappa shape index (κ1) is 12.8. The van der Waals surface area contributed by atoms with Crippen molar-refractivity contribution in [2.75, 3.05) is 6.54 Å². The van der Waals surface area contributed by atoms with E-state index in [2.05, 4.69) is 43.0 Å². The lowest BCUT2D eigenvalue weighted by molar-refractivity contribution is 0.422. The summed E-state index contributed by atoms with van der Waals surface area (Å²) >= 11 is 0. The van der Waals surface area contributed by atoms with Crippen molar-refractivity contribution in [2.45, 2.75) is 32.6 Å². The number of hydrogen-bond acceptors (Lipinski definition) is 4. The summed E-state index contributed by atoms with van der Waals surface area (Å²) in [6.45, 7) is 7.10. The molecule has 0 aliphatic rings. The molecule has 0 unspecified atom stereocenters. The second-order valence-corrected chi connectivity index (χ2v) is 5.38. The predicted octanol–water partition coefficient (Wildman–Crippen LogP) is 2.54. The van der Waals surface area contributed by atoms with Crippen molar-refractivity contribution in [3.05, 3.63) is 35.7 Å². The molecule has 0 saturated carbocycles. The minimum absolute atomic E-state index is 0.151. The molecular formula is C14H19N3O. The molecule has 0 atom stereocenters. The maximum Gasteiger partial charge on any atom is 0.257 e. The van der Waals surface area contributed by atoms with Crippen molar-refractivity contribution in [2.24, 2.45) is 5.73 Å². The fraction of sp³-hybridized carbons (Fsp3) is 0.429. The standard InChI is InChI=1S/C14H19N3O/c1-14(2,3)11-6-4-10(5-7-11)13-16-12(8-9-15)17-18-13/h4-7H,8-9,15H2,1-3H3. The van der Waals surface area contributed by atoms with Gasteiger partial charge in [-0.25, -0.2) is 0 Å². The molecule has 0 saturated heterocycles. The molecule has 1 heterocycles. The molecule has 18 heavy (non-hydrogen) atoms. The van der Waals surface area contributed by atoms with E-state index in [9.17, 15) is 0 Å². The van der Waals surface area contributed by atoms with Gasteiger partial charge in [-0.05, 0) is 29.7 Å². The highest BCUT2D eigenvalue weighted by Gasteiger charge is 2.14. The Morgan fingerprint density at radius 2 is 1.83 bits per heavy atom. The number of nitrogens with zero attached hydrogens (tertiary/aromatic N) is 2. The first-order valence-corrected chi connectivity index (χ1v) is 6.14. The smallest absolute Gasteiger partial charge is 0.257 e. The van der Waals surface area contributed by atoms with Crippen LogP contribution in [-0.4, -0.2) is 16.7 Å². The van der Waals surface area contributed by atoms with Gasteiger partial charge in [-0.3, -0.25) is 0 Å². The molecular weight excluding hydrogens is 226 g/mol. The van der Waals surface area contributed by atoms with Crippen LogP contribution < -0.4 is 5.73 Å². The van der Waals surface area contributed by atoms with E-state index < -0.39 is 0 Å². The lowest BCUT2D eigenvalue weighted by atomic mass is 9.87. The fourth-order valence-corrected chi connectivity index (χ4v) is 1.71. The SMILES string of the molecule is CC(C)(C)c1ccc(-c2nc(CCN)no2)cc1. The Bertz CT molecular complexity index is 509. The zero-order chi connectivity index (χ0) is 13.2. The average molecular weight is 245 g/mol. The number of hydrogen-bond donors (Lipinski definition) is 1. The molecule has 96 valence electrons. The van der Waals surface area contributed by atoms with Crippen LogP contribution in [0, 0.1) is 0 Å². The minimum Gasteiger partial charge on any atom is -0.334 e. The van der Waals surface area contributed by atoms with Gasteiger partial charge < -0.3 is 10.3 Å². The van der Waals surface area contributed by atoms with Crippen LogP contribution in [0.3, 0.4) is 0 Å². The first-order chi connectivity index (χ1) is 8.50. The van der Waals surface area contributed by atoms with Crippen molar-refractivity contribution in [1.29, 1.82) is 0 Å². The fourth-order valence-electron chi connectivity index (χ4n) is 1.71. The largest absolute Gasteiger partial charge is 0.334 e. The van der Waals surface area contributed by atoms with Gasteiger partial charge >= 0.3 is 0 Å². The summed E-state index contributed by atoms with van der Waals surface area (Å²) in [4.78, 5) is 4.30. The molecule has 1 aromatic heterocycles. The van der Waals surface area contributed by atoms with Gasteiger partial charge in [-0.15, -0.1) is 0 Å². The molecule has 2 rings (SSSR count). The second-order valence-electron chi connectivity index (χ2n) is 5.38. The zero-order valence-electron chi connectivity index (χ0n) is 11.1. The topological polar surface area (TPSA) is 64.9 Å². The van der Waals surface area contributed by atoms with Crippen LogP contribution in [0.15, 0.2) is 28.8 Å². The van der Waals surface area contributed by atoms with Gasteiger partial charge in [0.1, 0.15) is 0 Å².